The average molecular weight is 1020 g/mol. The van der Waals surface area contributed by atoms with Crippen LogP contribution in [0, 0.1) is 0 Å². The SMILES string of the molecule is CC(C)(C)c1ccc(Oc2cc(C(=O)OCc3ccccc3)c3c(C(=O)OCc4ccccc4)ccc4c5c(Br)cc(C(=O)OCc6ccccc6)c6c(C(=O)OCc7ccccc7)ccc(c2c34)c65)cc1. The van der Waals surface area contributed by atoms with Crippen molar-refractivity contribution in [1.29, 1.82) is 0 Å². The molecule has 0 radical (unpaired) electrons. The first-order valence-corrected chi connectivity index (χ1v) is 24.3. The molecule has 10 rings (SSSR count). The Hall–Kier alpha value is -8.34. The minimum Gasteiger partial charge on any atom is -0.457 e. The lowest BCUT2D eigenvalue weighted by Crippen LogP contribution is -2.13. The van der Waals surface area contributed by atoms with Gasteiger partial charge in [0.25, 0.3) is 0 Å². The molecule has 0 atom stereocenters. The Morgan fingerprint density at radius 2 is 0.750 bits per heavy atom. The molecule has 10 aromatic carbocycles. The van der Waals surface area contributed by atoms with Crippen LogP contribution in [0.25, 0.3) is 43.1 Å². The molecule has 356 valence electrons. The fourth-order valence-corrected chi connectivity index (χ4v) is 9.76. The van der Waals surface area contributed by atoms with Gasteiger partial charge in [0.15, 0.2) is 0 Å². The molecule has 0 spiro atoms. The number of rotatable bonds is 14. The Bertz CT molecular complexity index is 3650. The highest BCUT2D eigenvalue weighted by molar-refractivity contribution is 9.10. The molecule has 0 saturated carbocycles. The van der Waals surface area contributed by atoms with Crippen LogP contribution in [0.1, 0.15) is 90.0 Å². The summed E-state index contributed by atoms with van der Waals surface area (Å²) in [6, 6.07) is 55.2. The highest BCUT2D eigenvalue weighted by Gasteiger charge is 2.31. The second kappa shape index (κ2) is 20.2. The summed E-state index contributed by atoms with van der Waals surface area (Å²) in [4.78, 5) is 58.4. The number of hydrogen-bond acceptors (Lipinski definition) is 9. The molecule has 10 heteroatoms. The molecular weight excluding hydrogens is 969 g/mol. The lowest BCUT2D eigenvalue weighted by molar-refractivity contribution is 0.0458. The summed E-state index contributed by atoms with van der Waals surface area (Å²) in [7, 11) is 0. The molecule has 0 bridgehead atoms. The maximum atomic E-state index is 14.8. The van der Waals surface area contributed by atoms with E-state index in [1.165, 1.54) is 0 Å². The van der Waals surface area contributed by atoms with Gasteiger partial charge in [-0.1, -0.05) is 182 Å². The van der Waals surface area contributed by atoms with Crippen LogP contribution >= 0.6 is 15.9 Å². The number of carbonyl (C=O) groups is 4. The number of benzene rings is 10. The van der Waals surface area contributed by atoms with Crippen molar-refractivity contribution in [2.24, 2.45) is 0 Å². The van der Waals surface area contributed by atoms with E-state index < -0.39 is 23.9 Å². The van der Waals surface area contributed by atoms with Gasteiger partial charge in [-0.05, 0) is 80.4 Å². The largest absolute Gasteiger partial charge is 0.457 e. The molecule has 0 heterocycles. The van der Waals surface area contributed by atoms with Gasteiger partial charge in [-0.25, -0.2) is 19.2 Å². The van der Waals surface area contributed by atoms with Gasteiger partial charge >= 0.3 is 23.9 Å². The summed E-state index contributed by atoms with van der Waals surface area (Å²) in [6.07, 6.45) is 0. The summed E-state index contributed by atoms with van der Waals surface area (Å²) in [5.41, 5.74) is 4.50. The normalized spacial score (nSPS) is 11.5. The first-order valence-electron chi connectivity index (χ1n) is 23.5. The number of hydrogen-bond donors (Lipinski definition) is 0. The van der Waals surface area contributed by atoms with E-state index in [4.69, 9.17) is 23.7 Å². The number of carbonyl (C=O) groups excluding carboxylic acids is 4. The first kappa shape index (κ1) is 47.3. The second-order valence-electron chi connectivity index (χ2n) is 18.5. The van der Waals surface area contributed by atoms with E-state index in [2.05, 4.69) is 36.7 Å². The number of esters is 4. The van der Waals surface area contributed by atoms with E-state index in [-0.39, 0.29) is 65.2 Å². The molecule has 0 aliphatic heterocycles. The zero-order valence-electron chi connectivity index (χ0n) is 39.7. The van der Waals surface area contributed by atoms with Gasteiger partial charge in [-0.3, -0.25) is 0 Å². The molecule has 0 aliphatic carbocycles. The maximum absolute atomic E-state index is 14.8. The number of fused-ring (bicyclic) bond motifs is 2. The zero-order chi connectivity index (χ0) is 49.9. The van der Waals surface area contributed by atoms with Crippen molar-refractivity contribution in [1.82, 2.24) is 0 Å². The minimum absolute atomic E-state index is 0.0134. The molecule has 9 nitrogen and oxygen atoms in total. The highest BCUT2D eigenvalue weighted by Crippen LogP contribution is 2.50. The van der Waals surface area contributed by atoms with Crippen LogP contribution in [0.3, 0.4) is 0 Å². The fraction of sp³-hybridized carbons (Fsp3) is 0.129. The monoisotopic (exact) mass is 1010 g/mol. The Morgan fingerprint density at radius 1 is 0.389 bits per heavy atom. The first-order chi connectivity index (χ1) is 34.9. The molecule has 72 heavy (non-hydrogen) atoms. The predicted molar refractivity (Wildman–Crippen MR) is 283 cm³/mol. The quantitative estimate of drug-likeness (QED) is 0.0454. The van der Waals surface area contributed by atoms with Crippen molar-refractivity contribution in [3.05, 3.63) is 237 Å². The molecule has 0 amide bonds. The fourth-order valence-electron chi connectivity index (χ4n) is 9.12. The van der Waals surface area contributed by atoms with Gasteiger partial charge < -0.3 is 23.7 Å². The summed E-state index contributed by atoms with van der Waals surface area (Å²) in [5, 5.41) is 3.80. The lowest BCUT2D eigenvalue weighted by Gasteiger charge is -2.23. The Labute approximate surface area is 424 Å². The lowest BCUT2D eigenvalue weighted by atomic mass is 9.84. The third kappa shape index (κ3) is 9.61. The van der Waals surface area contributed by atoms with Crippen molar-refractivity contribution in [3.8, 4) is 11.5 Å². The van der Waals surface area contributed by atoms with Gasteiger partial charge in [0.2, 0.25) is 0 Å². The maximum Gasteiger partial charge on any atom is 0.339 e. The van der Waals surface area contributed by atoms with Crippen molar-refractivity contribution >= 4 is 82.9 Å². The minimum atomic E-state index is -0.698. The van der Waals surface area contributed by atoms with E-state index >= 15 is 0 Å². The van der Waals surface area contributed by atoms with E-state index in [9.17, 15) is 19.2 Å². The summed E-state index contributed by atoms with van der Waals surface area (Å²) < 4.78 is 31.4. The summed E-state index contributed by atoms with van der Waals surface area (Å²) >= 11 is 3.85. The standard InChI is InChI=1S/C62H47BrO9/c1-62(2,3)42-24-26-43(27-25-42)72-51-33-49(61(67)71-37-41-22-14-7-15-23-41)53-47(59(65)69-35-39-18-10-5-11-19-39)30-28-44-54-50(63)32-48(60(66)70-36-40-20-12-6-13-21-40)52-46(31-29-45(56(52)54)55(51)57(44)53)58(64)68-34-38-16-8-4-9-17-38/h4-33H,34-37H2,1-3H3. The van der Waals surface area contributed by atoms with Crippen molar-refractivity contribution in [3.63, 3.8) is 0 Å². The number of ether oxygens (including phenoxy) is 5. The Morgan fingerprint density at radius 3 is 1.15 bits per heavy atom. The van der Waals surface area contributed by atoms with Crippen molar-refractivity contribution < 1.29 is 42.9 Å². The van der Waals surface area contributed by atoms with Crippen molar-refractivity contribution in [2.75, 3.05) is 0 Å². The Balaban J connectivity index is 1.25. The predicted octanol–water partition coefficient (Wildman–Crippen LogP) is 15.0. The molecule has 0 aliphatic rings. The van der Waals surface area contributed by atoms with Crippen LogP contribution in [-0.2, 0) is 50.8 Å². The topological polar surface area (TPSA) is 114 Å². The van der Waals surface area contributed by atoms with Crippen LogP contribution in [0.2, 0.25) is 0 Å². The van der Waals surface area contributed by atoms with Crippen molar-refractivity contribution in [2.45, 2.75) is 52.6 Å². The van der Waals surface area contributed by atoms with Crippen LogP contribution < -0.4 is 4.74 Å². The summed E-state index contributed by atoms with van der Waals surface area (Å²) in [5.74, 6) is -1.95. The molecule has 0 fully saturated rings. The second-order valence-corrected chi connectivity index (χ2v) is 19.4. The zero-order valence-corrected chi connectivity index (χ0v) is 41.3. The number of halogens is 1. The smallest absolute Gasteiger partial charge is 0.339 e. The molecule has 0 unspecified atom stereocenters. The Kier molecular flexibility index (Phi) is 13.3. The molecule has 10 aromatic rings. The van der Waals surface area contributed by atoms with E-state index in [1.54, 1.807) is 36.4 Å². The van der Waals surface area contributed by atoms with Crippen LogP contribution in [0.4, 0.5) is 0 Å². The van der Waals surface area contributed by atoms with E-state index in [0.29, 0.717) is 47.9 Å². The highest BCUT2D eigenvalue weighted by atomic mass is 79.9. The van der Waals surface area contributed by atoms with Gasteiger partial charge in [0.1, 0.15) is 37.9 Å². The van der Waals surface area contributed by atoms with Crippen LogP contribution in [-0.4, -0.2) is 23.9 Å². The summed E-state index contributed by atoms with van der Waals surface area (Å²) in [6.45, 7) is 6.29. The molecule has 0 saturated heterocycles. The van der Waals surface area contributed by atoms with Crippen LogP contribution in [0.15, 0.2) is 186 Å². The van der Waals surface area contributed by atoms with E-state index in [0.717, 1.165) is 27.8 Å². The molecule has 0 N–H and O–H groups in total. The van der Waals surface area contributed by atoms with Gasteiger partial charge in [0.05, 0.1) is 22.3 Å². The average Bonchev–Trinajstić information content (AvgIpc) is 3.40. The van der Waals surface area contributed by atoms with Gasteiger partial charge in [-0.2, -0.15) is 0 Å². The van der Waals surface area contributed by atoms with Crippen LogP contribution in [0.5, 0.6) is 11.5 Å². The van der Waals surface area contributed by atoms with Gasteiger partial charge in [0, 0.05) is 36.8 Å². The molecule has 0 aromatic heterocycles. The third-order valence-electron chi connectivity index (χ3n) is 12.7. The van der Waals surface area contributed by atoms with Gasteiger partial charge in [-0.15, -0.1) is 0 Å². The van der Waals surface area contributed by atoms with E-state index in [1.807, 2.05) is 146 Å². The molecular formula is C62H47BrO9. The third-order valence-corrected chi connectivity index (χ3v) is 13.3.